The third kappa shape index (κ3) is 5.45. The number of nitrogens with zero attached hydrogens (tertiary/aromatic N) is 2. The summed E-state index contributed by atoms with van der Waals surface area (Å²) in [6.45, 7) is 5.30. The minimum Gasteiger partial charge on any atom is -0.451 e. The fraction of sp³-hybridized carbons (Fsp3) is 0.333. The SMILES string of the molecule is CCCc1cc(C(=O)OCC(=O)N(CC)c2c(N)n(Cc3ccccc3)c(=O)[nH]c2=O)sc1C. The number of esters is 1. The van der Waals surface area contributed by atoms with E-state index in [0.717, 1.165) is 33.7 Å². The molecule has 2 heterocycles. The van der Waals surface area contributed by atoms with E-state index in [-0.39, 0.29) is 24.6 Å². The monoisotopic (exact) mass is 484 g/mol. The van der Waals surface area contributed by atoms with Gasteiger partial charge in [0.15, 0.2) is 12.3 Å². The minimum absolute atomic E-state index is 0.0892. The Hall–Kier alpha value is -3.66. The molecular formula is C24H28N4O5S. The summed E-state index contributed by atoms with van der Waals surface area (Å²) in [4.78, 5) is 55.2. The number of nitrogen functional groups attached to an aromatic ring is 1. The van der Waals surface area contributed by atoms with Crippen LogP contribution in [-0.2, 0) is 22.5 Å². The zero-order valence-corrected chi connectivity index (χ0v) is 20.2. The highest BCUT2D eigenvalue weighted by Crippen LogP contribution is 2.24. The van der Waals surface area contributed by atoms with Crippen LogP contribution in [0.3, 0.4) is 0 Å². The molecule has 3 aromatic rings. The number of amides is 1. The highest BCUT2D eigenvalue weighted by atomic mass is 32.1. The second-order valence-corrected chi connectivity index (χ2v) is 8.98. The molecule has 0 atom stereocenters. The number of aromatic nitrogens is 2. The lowest BCUT2D eigenvalue weighted by molar-refractivity contribution is -0.121. The number of hydrogen-bond donors (Lipinski definition) is 2. The third-order valence-corrected chi connectivity index (χ3v) is 6.43. The number of anilines is 2. The van der Waals surface area contributed by atoms with Crippen molar-refractivity contribution in [2.45, 2.75) is 40.2 Å². The van der Waals surface area contributed by atoms with Gasteiger partial charge < -0.3 is 15.4 Å². The molecule has 10 heteroatoms. The van der Waals surface area contributed by atoms with Gasteiger partial charge in [0.2, 0.25) is 0 Å². The van der Waals surface area contributed by atoms with Crippen LogP contribution in [0.5, 0.6) is 0 Å². The topological polar surface area (TPSA) is 127 Å². The lowest BCUT2D eigenvalue weighted by Gasteiger charge is -2.23. The van der Waals surface area contributed by atoms with Gasteiger partial charge in [-0.1, -0.05) is 43.7 Å². The number of rotatable bonds is 9. The summed E-state index contributed by atoms with van der Waals surface area (Å²) in [6, 6.07) is 10.9. The van der Waals surface area contributed by atoms with Crippen LogP contribution in [0, 0.1) is 6.92 Å². The number of aryl methyl sites for hydroxylation is 2. The van der Waals surface area contributed by atoms with Crippen LogP contribution in [0.4, 0.5) is 11.5 Å². The highest BCUT2D eigenvalue weighted by molar-refractivity contribution is 7.14. The molecule has 0 aliphatic heterocycles. The summed E-state index contributed by atoms with van der Waals surface area (Å²) >= 11 is 1.32. The first-order valence-corrected chi connectivity index (χ1v) is 11.8. The molecule has 0 unspecified atom stereocenters. The molecular weight excluding hydrogens is 456 g/mol. The molecule has 0 fully saturated rings. The van der Waals surface area contributed by atoms with E-state index in [4.69, 9.17) is 10.5 Å². The lowest BCUT2D eigenvalue weighted by atomic mass is 10.1. The second-order valence-electron chi connectivity index (χ2n) is 7.72. The van der Waals surface area contributed by atoms with Crippen LogP contribution in [0.15, 0.2) is 46.0 Å². The summed E-state index contributed by atoms with van der Waals surface area (Å²) in [5.74, 6) is -1.37. The van der Waals surface area contributed by atoms with Crippen LogP contribution < -0.4 is 21.9 Å². The van der Waals surface area contributed by atoms with Crippen LogP contribution >= 0.6 is 11.3 Å². The number of hydrogen-bond acceptors (Lipinski definition) is 7. The Bertz CT molecular complexity index is 1290. The van der Waals surface area contributed by atoms with Crippen molar-refractivity contribution < 1.29 is 14.3 Å². The van der Waals surface area contributed by atoms with Gasteiger partial charge in [-0.15, -0.1) is 11.3 Å². The van der Waals surface area contributed by atoms with E-state index in [1.165, 1.54) is 15.9 Å². The number of likely N-dealkylation sites (N-methyl/N-ethyl adjacent to an activating group) is 1. The summed E-state index contributed by atoms with van der Waals surface area (Å²) in [6.07, 6.45) is 1.82. The van der Waals surface area contributed by atoms with Crippen molar-refractivity contribution in [3.63, 3.8) is 0 Å². The van der Waals surface area contributed by atoms with E-state index in [0.29, 0.717) is 4.88 Å². The number of carbonyl (C=O) groups excluding carboxylic acids is 2. The molecule has 3 N–H and O–H groups in total. The van der Waals surface area contributed by atoms with Crippen molar-refractivity contribution in [1.29, 1.82) is 0 Å². The predicted octanol–water partition coefficient (Wildman–Crippen LogP) is 2.70. The Morgan fingerprint density at radius 3 is 2.53 bits per heavy atom. The quantitative estimate of drug-likeness (QED) is 0.450. The van der Waals surface area contributed by atoms with Crippen molar-refractivity contribution in [3.8, 4) is 0 Å². The number of H-pyrrole nitrogens is 1. The molecule has 0 aliphatic carbocycles. The Morgan fingerprint density at radius 1 is 1.18 bits per heavy atom. The summed E-state index contributed by atoms with van der Waals surface area (Å²) in [5.41, 5.74) is 6.45. The van der Waals surface area contributed by atoms with Gasteiger partial charge in [0.05, 0.1) is 6.54 Å². The number of nitrogens with two attached hydrogens (primary N) is 1. The van der Waals surface area contributed by atoms with Gasteiger partial charge in [0, 0.05) is 11.4 Å². The van der Waals surface area contributed by atoms with E-state index < -0.39 is 29.7 Å². The lowest BCUT2D eigenvalue weighted by Crippen LogP contribution is -2.42. The number of ether oxygens (including phenoxy) is 1. The van der Waals surface area contributed by atoms with Crippen LogP contribution in [0.2, 0.25) is 0 Å². The minimum atomic E-state index is -0.786. The van der Waals surface area contributed by atoms with E-state index in [9.17, 15) is 19.2 Å². The second kappa shape index (κ2) is 11.0. The maximum Gasteiger partial charge on any atom is 0.348 e. The molecule has 0 radical (unpaired) electrons. The Labute approximate surface area is 200 Å². The molecule has 2 aromatic heterocycles. The van der Waals surface area contributed by atoms with Crippen molar-refractivity contribution in [1.82, 2.24) is 9.55 Å². The molecule has 0 aliphatic rings. The molecule has 9 nitrogen and oxygen atoms in total. The van der Waals surface area contributed by atoms with Gasteiger partial charge in [-0.05, 0) is 37.5 Å². The van der Waals surface area contributed by atoms with Gasteiger partial charge in [0.25, 0.3) is 11.5 Å². The van der Waals surface area contributed by atoms with Crippen molar-refractivity contribution in [2.24, 2.45) is 0 Å². The average Bonchev–Trinajstić information content (AvgIpc) is 3.18. The third-order valence-electron chi connectivity index (χ3n) is 5.35. The zero-order valence-electron chi connectivity index (χ0n) is 19.4. The molecule has 180 valence electrons. The Balaban J connectivity index is 1.81. The predicted molar refractivity (Wildman–Crippen MR) is 133 cm³/mol. The average molecular weight is 485 g/mol. The first kappa shape index (κ1) is 25.0. The first-order valence-electron chi connectivity index (χ1n) is 11.0. The summed E-state index contributed by atoms with van der Waals surface area (Å²) < 4.78 is 6.42. The molecule has 1 amide bonds. The van der Waals surface area contributed by atoms with Crippen molar-refractivity contribution in [2.75, 3.05) is 23.8 Å². The number of carbonyl (C=O) groups is 2. The standard InChI is InChI=1S/C24H28N4O5S/c1-4-9-17-12-18(34-15(17)3)23(31)33-14-19(29)27(5-2)20-21(25)28(24(32)26-22(20)30)13-16-10-7-6-8-11-16/h6-8,10-12H,4-5,9,13-14,25H2,1-3H3,(H,26,30,32). The smallest absolute Gasteiger partial charge is 0.348 e. The van der Waals surface area contributed by atoms with Crippen LogP contribution in [0.1, 0.15) is 45.9 Å². The number of thiophene rings is 1. The Kier molecular flexibility index (Phi) is 8.06. The van der Waals surface area contributed by atoms with Crippen molar-refractivity contribution in [3.05, 3.63) is 78.1 Å². The zero-order chi connectivity index (χ0) is 24.8. The molecule has 0 bridgehead atoms. The largest absolute Gasteiger partial charge is 0.451 e. The fourth-order valence-electron chi connectivity index (χ4n) is 3.63. The highest BCUT2D eigenvalue weighted by Gasteiger charge is 2.24. The van der Waals surface area contributed by atoms with Crippen molar-refractivity contribution >= 4 is 34.7 Å². The summed E-state index contributed by atoms with van der Waals surface area (Å²) in [5, 5.41) is 0. The van der Waals surface area contributed by atoms with E-state index in [2.05, 4.69) is 11.9 Å². The van der Waals surface area contributed by atoms with Gasteiger partial charge in [-0.3, -0.25) is 19.1 Å². The maximum absolute atomic E-state index is 12.9. The maximum atomic E-state index is 12.9. The molecule has 0 saturated heterocycles. The number of nitrogens with one attached hydrogen (secondary N) is 1. The number of benzene rings is 1. The normalized spacial score (nSPS) is 10.8. The van der Waals surface area contributed by atoms with E-state index in [1.807, 2.05) is 37.3 Å². The van der Waals surface area contributed by atoms with Gasteiger partial charge >= 0.3 is 11.7 Å². The van der Waals surface area contributed by atoms with Gasteiger partial charge in [-0.2, -0.15) is 0 Å². The number of aromatic amines is 1. The fourth-order valence-corrected chi connectivity index (χ4v) is 4.60. The van der Waals surface area contributed by atoms with Crippen LogP contribution in [0.25, 0.3) is 0 Å². The van der Waals surface area contributed by atoms with Gasteiger partial charge in [-0.25, -0.2) is 9.59 Å². The van der Waals surface area contributed by atoms with E-state index in [1.54, 1.807) is 13.0 Å². The molecule has 1 aromatic carbocycles. The molecule has 34 heavy (non-hydrogen) atoms. The van der Waals surface area contributed by atoms with Gasteiger partial charge in [0.1, 0.15) is 10.7 Å². The molecule has 3 rings (SSSR count). The molecule has 0 spiro atoms. The summed E-state index contributed by atoms with van der Waals surface area (Å²) in [7, 11) is 0. The molecule has 0 saturated carbocycles. The first-order chi connectivity index (χ1) is 16.3. The van der Waals surface area contributed by atoms with Crippen LogP contribution in [-0.4, -0.2) is 34.6 Å². The Morgan fingerprint density at radius 2 is 1.88 bits per heavy atom. The van der Waals surface area contributed by atoms with E-state index >= 15 is 0 Å².